The summed E-state index contributed by atoms with van der Waals surface area (Å²) in [6.07, 6.45) is 9.02. The van der Waals surface area contributed by atoms with E-state index in [-0.39, 0.29) is 22.8 Å². The number of fused-ring (bicyclic) bond motifs is 1. The predicted molar refractivity (Wildman–Crippen MR) is 168 cm³/mol. The highest BCUT2D eigenvalue weighted by atomic mass is 16.5. The first kappa shape index (κ1) is 30.1. The zero-order chi connectivity index (χ0) is 29.7. The summed E-state index contributed by atoms with van der Waals surface area (Å²) >= 11 is 0. The number of aromatic nitrogens is 2. The van der Waals surface area contributed by atoms with Gasteiger partial charge in [-0.1, -0.05) is 39.8 Å². The van der Waals surface area contributed by atoms with Gasteiger partial charge in [-0.25, -0.2) is 4.98 Å². The molecular formula is C34H47N5O3. The van der Waals surface area contributed by atoms with E-state index in [2.05, 4.69) is 72.7 Å². The molecule has 3 aromatic rings. The molecule has 0 spiro atoms. The summed E-state index contributed by atoms with van der Waals surface area (Å²) in [6.45, 7) is 14.5. The van der Waals surface area contributed by atoms with Crippen LogP contribution in [0.4, 0.5) is 11.8 Å². The number of aryl methyl sites for hydroxylation is 1. The van der Waals surface area contributed by atoms with E-state index in [1.54, 1.807) is 12.3 Å². The van der Waals surface area contributed by atoms with Gasteiger partial charge in [0.05, 0.1) is 6.10 Å². The van der Waals surface area contributed by atoms with E-state index in [1.807, 2.05) is 12.1 Å². The number of furan rings is 1. The fourth-order valence-corrected chi connectivity index (χ4v) is 6.05. The van der Waals surface area contributed by atoms with Crippen LogP contribution >= 0.6 is 0 Å². The highest BCUT2D eigenvalue weighted by Gasteiger charge is 2.37. The molecule has 1 atom stereocenters. The predicted octanol–water partition coefficient (Wildman–Crippen LogP) is 6.53. The van der Waals surface area contributed by atoms with E-state index >= 15 is 0 Å². The fourth-order valence-electron chi connectivity index (χ4n) is 6.05. The second kappa shape index (κ2) is 12.9. The Labute approximate surface area is 250 Å². The number of unbranched alkanes of at least 4 members (excludes halogenated alkanes) is 1. The number of nitrogens with one attached hydrogen (secondary N) is 3. The van der Waals surface area contributed by atoms with Crippen LogP contribution in [0, 0.1) is 6.92 Å². The van der Waals surface area contributed by atoms with Crippen LogP contribution < -0.4 is 16.0 Å². The summed E-state index contributed by atoms with van der Waals surface area (Å²) in [7, 11) is 0. The molecule has 2 aliphatic rings. The van der Waals surface area contributed by atoms with Crippen molar-refractivity contribution in [1.29, 1.82) is 0 Å². The van der Waals surface area contributed by atoms with E-state index in [1.165, 1.54) is 35.1 Å². The molecular weight excluding hydrogens is 526 g/mol. The Morgan fingerprint density at radius 1 is 1.00 bits per heavy atom. The van der Waals surface area contributed by atoms with Crippen LogP contribution in [0.2, 0.25) is 0 Å². The van der Waals surface area contributed by atoms with Crippen molar-refractivity contribution in [1.82, 2.24) is 15.3 Å². The summed E-state index contributed by atoms with van der Waals surface area (Å²) < 4.78 is 11.6. The Bertz CT molecular complexity index is 1370. The Morgan fingerprint density at radius 2 is 1.76 bits per heavy atom. The molecule has 1 fully saturated rings. The first-order chi connectivity index (χ1) is 20.1. The van der Waals surface area contributed by atoms with Crippen LogP contribution in [0.25, 0.3) is 0 Å². The standard InChI is InChI=1S/C34H47N5O3/c1-23-19-27-28(34(4,5)14-13-33(27,2)3)21-24(23)20-25-10-11-29(42-25)31(40)35-15-6-7-16-36-32-37-17-12-30(39-32)38-22-26-9-8-18-41-26/h10-12,17,19,21,26H,6-9,13-16,18,20,22H2,1-5H3,(H,35,40)(H2,36,37,38,39). The average Bonchev–Trinajstić information content (AvgIpc) is 3.66. The number of carbonyl (C=O) groups excluding carboxylic acids is 1. The molecule has 1 aliphatic heterocycles. The smallest absolute Gasteiger partial charge is 0.286 e. The van der Waals surface area contributed by atoms with E-state index in [0.29, 0.717) is 24.7 Å². The first-order valence-electron chi connectivity index (χ1n) is 15.5. The van der Waals surface area contributed by atoms with Crippen LogP contribution in [-0.4, -0.2) is 48.2 Å². The van der Waals surface area contributed by atoms with Crippen molar-refractivity contribution in [3.05, 3.63) is 70.3 Å². The number of amides is 1. The lowest BCUT2D eigenvalue weighted by atomic mass is 9.62. The molecule has 42 heavy (non-hydrogen) atoms. The fraction of sp³-hybridized carbons (Fsp3) is 0.559. The first-order valence-corrected chi connectivity index (χ1v) is 15.5. The van der Waals surface area contributed by atoms with Gasteiger partial charge >= 0.3 is 0 Å². The van der Waals surface area contributed by atoms with E-state index in [0.717, 1.165) is 57.0 Å². The Balaban J connectivity index is 1.05. The minimum Gasteiger partial charge on any atom is -0.456 e. The van der Waals surface area contributed by atoms with Crippen molar-refractivity contribution in [2.45, 2.75) is 96.5 Å². The molecule has 1 unspecified atom stereocenters. The summed E-state index contributed by atoms with van der Waals surface area (Å²) in [5.41, 5.74) is 5.82. The molecule has 5 rings (SSSR count). The lowest BCUT2D eigenvalue weighted by Crippen LogP contribution is -2.34. The van der Waals surface area contributed by atoms with Gasteiger partial charge in [-0.15, -0.1) is 0 Å². The molecule has 3 heterocycles. The number of hydrogen-bond donors (Lipinski definition) is 3. The van der Waals surface area contributed by atoms with Crippen molar-refractivity contribution in [3.8, 4) is 0 Å². The van der Waals surface area contributed by atoms with Gasteiger partial charge in [-0.05, 0) is 96.7 Å². The number of hydrogen-bond acceptors (Lipinski definition) is 7. The van der Waals surface area contributed by atoms with Crippen LogP contribution in [0.5, 0.6) is 0 Å². The van der Waals surface area contributed by atoms with Crippen molar-refractivity contribution in [2.24, 2.45) is 0 Å². The summed E-state index contributed by atoms with van der Waals surface area (Å²) in [5, 5.41) is 9.58. The zero-order valence-corrected chi connectivity index (χ0v) is 25.9. The molecule has 2 aromatic heterocycles. The quantitative estimate of drug-likeness (QED) is 0.212. The highest BCUT2D eigenvalue weighted by Crippen LogP contribution is 2.46. The van der Waals surface area contributed by atoms with E-state index < -0.39 is 0 Å². The monoisotopic (exact) mass is 573 g/mol. The largest absolute Gasteiger partial charge is 0.456 e. The molecule has 8 heteroatoms. The van der Waals surface area contributed by atoms with Gasteiger partial charge in [-0.2, -0.15) is 4.98 Å². The Morgan fingerprint density at radius 3 is 2.52 bits per heavy atom. The lowest BCUT2D eigenvalue weighted by molar-refractivity contribution is 0.0923. The van der Waals surface area contributed by atoms with Gasteiger partial charge in [-0.3, -0.25) is 4.79 Å². The molecule has 0 radical (unpaired) electrons. The highest BCUT2D eigenvalue weighted by molar-refractivity contribution is 5.91. The maximum absolute atomic E-state index is 12.7. The second-order valence-electron chi connectivity index (χ2n) is 13.2. The number of ether oxygens (including phenoxy) is 1. The topological polar surface area (TPSA) is 101 Å². The summed E-state index contributed by atoms with van der Waals surface area (Å²) in [5.74, 6) is 2.39. The van der Waals surface area contributed by atoms with Crippen LogP contribution in [-0.2, 0) is 22.0 Å². The van der Waals surface area contributed by atoms with Gasteiger partial charge in [0.15, 0.2) is 5.76 Å². The van der Waals surface area contributed by atoms with Crippen molar-refractivity contribution in [3.63, 3.8) is 0 Å². The third-order valence-electron chi connectivity index (χ3n) is 8.92. The molecule has 1 saturated heterocycles. The van der Waals surface area contributed by atoms with Crippen molar-refractivity contribution < 1.29 is 13.9 Å². The maximum atomic E-state index is 12.7. The zero-order valence-electron chi connectivity index (χ0n) is 25.9. The molecule has 8 nitrogen and oxygen atoms in total. The number of benzene rings is 1. The van der Waals surface area contributed by atoms with Crippen LogP contribution in [0.3, 0.4) is 0 Å². The average molecular weight is 574 g/mol. The van der Waals surface area contributed by atoms with Gasteiger partial charge in [0.1, 0.15) is 11.6 Å². The molecule has 226 valence electrons. The van der Waals surface area contributed by atoms with Gasteiger partial charge < -0.3 is 25.1 Å². The number of rotatable bonds is 12. The van der Waals surface area contributed by atoms with E-state index in [9.17, 15) is 4.79 Å². The number of anilines is 2. The van der Waals surface area contributed by atoms with Crippen LogP contribution in [0.15, 0.2) is 40.9 Å². The molecule has 0 bridgehead atoms. The lowest BCUT2D eigenvalue weighted by Gasteiger charge is -2.42. The molecule has 1 aromatic carbocycles. The third kappa shape index (κ3) is 7.33. The molecule has 1 amide bonds. The third-order valence-corrected chi connectivity index (χ3v) is 8.92. The van der Waals surface area contributed by atoms with Crippen molar-refractivity contribution >= 4 is 17.7 Å². The maximum Gasteiger partial charge on any atom is 0.286 e. The SMILES string of the molecule is Cc1cc2c(cc1Cc1ccc(C(=O)NCCCCNc3nccc(NCC4CCCO4)n3)o1)C(C)(C)CCC2(C)C. The minimum absolute atomic E-state index is 0.162. The van der Waals surface area contributed by atoms with E-state index in [4.69, 9.17) is 9.15 Å². The molecule has 3 N–H and O–H groups in total. The van der Waals surface area contributed by atoms with Gasteiger partial charge in [0, 0.05) is 38.9 Å². The normalized spacial score (nSPS) is 18.8. The van der Waals surface area contributed by atoms with Crippen molar-refractivity contribution in [2.75, 3.05) is 36.9 Å². The number of nitrogens with zero attached hydrogens (tertiary/aromatic N) is 2. The summed E-state index contributed by atoms with van der Waals surface area (Å²) in [4.78, 5) is 21.5. The number of carbonyl (C=O) groups is 1. The molecule has 0 saturated carbocycles. The Hall–Kier alpha value is -3.39. The summed E-state index contributed by atoms with van der Waals surface area (Å²) in [6, 6.07) is 10.3. The Kier molecular flexibility index (Phi) is 9.21. The van der Waals surface area contributed by atoms with Crippen LogP contribution in [0.1, 0.15) is 105 Å². The van der Waals surface area contributed by atoms with Gasteiger partial charge in [0.2, 0.25) is 5.95 Å². The minimum atomic E-state index is -0.174. The second-order valence-corrected chi connectivity index (χ2v) is 13.2. The molecule has 1 aliphatic carbocycles. The van der Waals surface area contributed by atoms with Gasteiger partial charge in [0.25, 0.3) is 5.91 Å².